The first kappa shape index (κ1) is 39.0. The number of carbonyl (C=O) groups excluding carboxylic acids is 2. The van der Waals surface area contributed by atoms with E-state index in [4.69, 9.17) is 0 Å². The third-order valence-corrected chi connectivity index (χ3v) is 11.3. The number of nitrogens with zero attached hydrogens (tertiary/aromatic N) is 3. The summed E-state index contributed by atoms with van der Waals surface area (Å²) >= 11 is 0. The Labute approximate surface area is 320 Å². The van der Waals surface area contributed by atoms with E-state index in [-0.39, 0.29) is 24.9 Å². The van der Waals surface area contributed by atoms with E-state index in [1.807, 2.05) is 73.7 Å². The van der Waals surface area contributed by atoms with E-state index < -0.39 is 0 Å². The monoisotopic (exact) mass is 745 g/mol. The van der Waals surface area contributed by atoms with Gasteiger partial charge in [0.1, 0.15) is 20.1 Å². The van der Waals surface area contributed by atoms with Gasteiger partial charge in [-0.15, -0.1) is 0 Å². The number of aromatic nitrogens is 3. The number of benzene rings is 2. The summed E-state index contributed by atoms with van der Waals surface area (Å²) in [5.74, 6) is 1.52. The highest BCUT2D eigenvalue weighted by Gasteiger charge is 2.16. The zero-order chi connectivity index (χ0) is 37.6. The van der Waals surface area contributed by atoms with Crippen LogP contribution in [0.25, 0.3) is 40.0 Å². The van der Waals surface area contributed by atoms with Crippen LogP contribution in [0.5, 0.6) is 0 Å². The second kappa shape index (κ2) is 19.6. The minimum atomic E-state index is -0.0211. The number of nitrogens with one attached hydrogen (secondary N) is 3. The minimum Gasteiger partial charge on any atom is -0.394 e. The topological polar surface area (TPSA) is 84.0 Å². The van der Waals surface area contributed by atoms with Gasteiger partial charge in [0.25, 0.3) is 0 Å². The Balaban J connectivity index is 1.06. The molecule has 0 aliphatic heterocycles. The Hall–Kier alpha value is -5.19. The van der Waals surface area contributed by atoms with Crippen LogP contribution in [0, 0.1) is 13.8 Å². The summed E-state index contributed by atoms with van der Waals surface area (Å²) in [5.41, 5.74) is 8.53. The van der Waals surface area contributed by atoms with Crippen LogP contribution in [0.2, 0.25) is 0 Å². The lowest BCUT2D eigenvalue weighted by molar-refractivity contribution is -0.671. The molecule has 0 radical (unpaired) electrons. The molecule has 53 heavy (non-hydrogen) atoms. The number of hydrogen-bond acceptors (Lipinski definition) is 5. The first-order valence-corrected chi connectivity index (χ1v) is 20.2. The molecule has 0 saturated heterocycles. The van der Waals surface area contributed by atoms with Crippen LogP contribution in [0.15, 0.2) is 116 Å². The quantitative estimate of drug-likeness (QED) is 0.0378. The summed E-state index contributed by atoms with van der Waals surface area (Å²) in [7, 11) is 7.26. The van der Waals surface area contributed by atoms with Crippen molar-refractivity contribution in [2.75, 3.05) is 31.6 Å². The fourth-order valence-electron chi connectivity index (χ4n) is 6.19. The van der Waals surface area contributed by atoms with E-state index in [2.05, 4.69) is 106 Å². The van der Waals surface area contributed by atoms with Crippen molar-refractivity contribution in [3.8, 4) is 0 Å². The highest BCUT2D eigenvalue weighted by atomic mass is 33.1. The normalized spacial score (nSPS) is 12.1. The standard InChI is InChI=1S/C43H48N6O2S2/c1-6-11-34(20-23-44-4)16-18-36-32(2)48(40-14-9-7-12-38(36)40)30-42(50)45-24-28-52-53-29-25-46-43(51)31-49-33(3)37(39-13-8-10-15-41(39)49)19-17-35-21-26-47(5)27-22-35/h6-23,26-27,44H,1,24-25,28-31H2,2-5H3,(H-,45,46,50,51)/p+1/b18-16+,23-20-,34-11-. The van der Waals surface area contributed by atoms with Crippen molar-refractivity contribution in [1.82, 2.24) is 25.1 Å². The molecule has 0 aliphatic rings. The van der Waals surface area contributed by atoms with Gasteiger partial charge >= 0.3 is 0 Å². The van der Waals surface area contributed by atoms with Crippen LogP contribution in [-0.4, -0.2) is 52.6 Å². The van der Waals surface area contributed by atoms with E-state index in [1.54, 1.807) is 27.7 Å². The van der Waals surface area contributed by atoms with E-state index in [1.165, 1.54) is 0 Å². The molecule has 274 valence electrons. The predicted octanol–water partition coefficient (Wildman–Crippen LogP) is 7.38. The fourth-order valence-corrected chi connectivity index (χ4v) is 8.00. The molecule has 2 amide bonds. The van der Waals surface area contributed by atoms with Crippen LogP contribution in [0.1, 0.15) is 28.1 Å². The summed E-state index contributed by atoms with van der Waals surface area (Å²) < 4.78 is 6.19. The van der Waals surface area contributed by atoms with Gasteiger partial charge in [-0.3, -0.25) is 9.59 Å². The third-order valence-electron chi connectivity index (χ3n) is 8.90. The number of para-hydroxylation sites is 2. The van der Waals surface area contributed by atoms with Gasteiger partial charge < -0.3 is 25.1 Å². The lowest BCUT2D eigenvalue weighted by Gasteiger charge is -2.10. The number of carbonyl (C=O) groups is 2. The van der Waals surface area contributed by atoms with Gasteiger partial charge in [-0.25, -0.2) is 4.57 Å². The highest BCUT2D eigenvalue weighted by molar-refractivity contribution is 8.76. The second-order valence-corrected chi connectivity index (χ2v) is 15.2. The molecule has 0 aliphatic carbocycles. The van der Waals surface area contributed by atoms with E-state index in [0.717, 1.165) is 67.0 Å². The Morgan fingerprint density at radius 2 is 1.28 bits per heavy atom. The van der Waals surface area contributed by atoms with Gasteiger partial charge in [-0.05, 0) is 49.4 Å². The number of rotatable bonds is 18. The smallest absolute Gasteiger partial charge is 0.239 e. The molecule has 5 rings (SSSR count). The van der Waals surface area contributed by atoms with Crippen molar-refractivity contribution in [1.29, 1.82) is 0 Å². The van der Waals surface area contributed by atoms with Crippen molar-refractivity contribution in [2.24, 2.45) is 7.05 Å². The maximum atomic E-state index is 13.0. The maximum Gasteiger partial charge on any atom is 0.239 e. The minimum absolute atomic E-state index is 0.0106. The molecule has 0 unspecified atom stereocenters. The predicted molar refractivity (Wildman–Crippen MR) is 226 cm³/mol. The van der Waals surface area contributed by atoms with Crippen molar-refractivity contribution in [3.63, 3.8) is 0 Å². The highest BCUT2D eigenvalue weighted by Crippen LogP contribution is 2.29. The summed E-state index contributed by atoms with van der Waals surface area (Å²) in [6, 6.07) is 20.6. The second-order valence-electron chi connectivity index (χ2n) is 12.5. The van der Waals surface area contributed by atoms with E-state index >= 15 is 0 Å². The van der Waals surface area contributed by atoms with Gasteiger partial charge in [0.15, 0.2) is 12.4 Å². The molecule has 0 atom stereocenters. The number of fused-ring (bicyclic) bond motifs is 2. The zero-order valence-corrected chi connectivity index (χ0v) is 32.6. The van der Waals surface area contributed by atoms with Crippen molar-refractivity contribution < 1.29 is 14.2 Å². The van der Waals surface area contributed by atoms with E-state index in [0.29, 0.717) is 13.1 Å². The first-order chi connectivity index (χ1) is 25.8. The zero-order valence-electron chi connectivity index (χ0n) is 31.0. The fraction of sp³-hybridized carbons (Fsp3) is 0.233. The summed E-state index contributed by atoms with van der Waals surface area (Å²) in [6.45, 7) is 9.62. The number of amides is 2. The molecular formula is C43H49N6O2S2+. The van der Waals surface area contributed by atoms with Crippen molar-refractivity contribution >= 4 is 73.4 Å². The molecule has 10 heteroatoms. The first-order valence-electron chi connectivity index (χ1n) is 17.7. The number of allylic oxidation sites excluding steroid dienone is 5. The summed E-state index contributed by atoms with van der Waals surface area (Å²) in [6.07, 6.45) is 20.1. The van der Waals surface area contributed by atoms with Crippen LogP contribution in [-0.2, 0) is 29.7 Å². The Bertz CT molecular complexity index is 2170. The molecule has 8 nitrogen and oxygen atoms in total. The molecular weight excluding hydrogens is 697 g/mol. The lowest BCUT2D eigenvalue weighted by Crippen LogP contribution is -2.30. The van der Waals surface area contributed by atoms with E-state index in [9.17, 15) is 9.59 Å². The van der Waals surface area contributed by atoms with Gasteiger partial charge in [-0.2, -0.15) is 0 Å². The van der Waals surface area contributed by atoms with Crippen molar-refractivity contribution in [2.45, 2.75) is 26.9 Å². The maximum absolute atomic E-state index is 13.0. The Morgan fingerprint density at radius 3 is 1.81 bits per heavy atom. The SMILES string of the molecule is C=C/C=C(\C=C/NC)/C=C/c1c(C)n(CC(=O)NCCSSCCNC(=O)Cn2c(C)c(/C=C/c3cc[n+](C)cc3)c3ccccc32)c2ccccc12. The molecule has 0 bridgehead atoms. The molecule has 5 aromatic rings. The van der Waals surface area contributed by atoms with Crippen LogP contribution in [0.3, 0.4) is 0 Å². The molecule has 3 heterocycles. The number of hydrogen-bond donors (Lipinski definition) is 3. The molecule has 0 saturated carbocycles. The summed E-state index contributed by atoms with van der Waals surface area (Å²) in [4.78, 5) is 26.0. The average Bonchev–Trinajstić information content (AvgIpc) is 3.58. The molecule has 3 aromatic heterocycles. The largest absolute Gasteiger partial charge is 0.394 e. The van der Waals surface area contributed by atoms with Gasteiger partial charge in [0.2, 0.25) is 11.8 Å². The number of pyridine rings is 1. The molecule has 0 spiro atoms. The van der Waals surface area contributed by atoms with Crippen LogP contribution in [0.4, 0.5) is 0 Å². The molecule has 2 aromatic carbocycles. The van der Waals surface area contributed by atoms with Gasteiger partial charge in [0.05, 0.1) is 0 Å². The lowest BCUT2D eigenvalue weighted by atomic mass is 10.1. The molecule has 0 fully saturated rings. The van der Waals surface area contributed by atoms with Gasteiger partial charge in [-0.1, -0.05) is 101 Å². The number of aryl methyl sites for hydroxylation is 1. The molecule has 3 N–H and O–H groups in total. The summed E-state index contributed by atoms with van der Waals surface area (Å²) in [5, 5.41) is 11.4. The Morgan fingerprint density at radius 1 is 0.755 bits per heavy atom. The van der Waals surface area contributed by atoms with Gasteiger partial charge in [0, 0.05) is 88.1 Å². The van der Waals surface area contributed by atoms with Crippen LogP contribution >= 0.6 is 21.6 Å². The van der Waals surface area contributed by atoms with Crippen molar-refractivity contribution in [3.05, 3.63) is 144 Å². The average molecular weight is 746 g/mol. The van der Waals surface area contributed by atoms with Crippen LogP contribution < -0.4 is 20.5 Å². The Kier molecular flexibility index (Phi) is 14.4. The third kappa shape index (κ3) is 10.5.